The van der Waals surface area contributed by atoms with Crippen LogP contribution in [0.4, 0.5) is 5.00 Å². The lowest BCUT2D eigenvalue weighted by Crippen LogP contribution is -2.34. The van der Waals surface area contributed by atoms with Crippen molar-refractivity contribution in [2.45, 2.75) is 33.8 Å². The fourth-order valence-electron chi connectivity index (χ4n) is 2.30. The van der Waals surface area contributed by atoms with Crippen molar-refractivity contribution in [2.24, 2.45) is 5.73 Å². The van der Waals surface area contributed by atoms with Crippen molar-refractivity contribution >= 4 is 45.5 Å². The molecule has 0 spiro atoms. The summed E-state index contributed by atoms with van der Waals surface area (Å²) in [6.07, 6.45) is 0.00795. The van der Waals surface area contributed by atoms with Crippen molar-refractivity contribution in [3.63, 3.8) is 0 Å². The van der Waals surface area contributed by atoms with Crippen LogP contribution in [0.25, 0.3) is 0 Å². The predicted octanol–water partition coefficient (Wildman–Crippen LogP) is 3.38. The lowest BCUT2D eigenvalue weighted by atomic mass is 10.1. The third kappa shape index (κ3) is 4.80. The number of carbonyl (C=O) groups is 2. The first kappa shape index (κ1) is 19.9. The molecule has 0 aliphatic carbocycles. The Morgan fingerprint density at radius 1 is 1.27 bits per heavy atom. The van der Waals surface area contributed by atoms with Gasteiger partial charge in [-0.3, -0.25) is 14.9 Å². The lowest BCUT2D eigenvalue weighted by molar-refractivity contribution is 0.0975. The van der Waals surface area contributed by atoms with E-state index >= 15 is 0 Å². The van der Waals surface area contributed by atoms with E-state index in [1.54, 1.807) is 24.3 Å². The minimum absolute atomic E-state index is 0.00795. The molecule has 8 heteroatoms. The third-order valence-corrected chi connectivity index (χ3v) is 4.88. The van der Waals surface area contributed by atoms with Gasteiger partial charge in [-0.05, 0) is 63.7 Å². The van der Waals surface area contributed by atoms with E-state index in [2.05, 4.69) is 10.6 Å². The Balaban J connectivity index is 2.10. The molecule has 138 valence electrons. The lowest BCUT2D eigenvalue weighted by Gasteiger charge is -2.12. The maximum atomic E-state index is 12.4. The van der Waals surface area contributed by atoms with Crippen molar-refractivity contribution in [3.05, 3.63) is 45.8 Å². The van der Waals surface area contributed by atoms with Gasteiger partial charge in [-0.2, -0.15) is 0 Å². The highest BCUT2D eigenvalue weighted by Crippen LogP contribution is 2.31. The third-order valence-electron chi connectivity index (χ3n) is 3.55. The molecule has 0 bridgehead atoms. The predicted molar refractivity (Wildman–Crippen MR) is 108 cm³/mol. The summed E-state index contributed by atoms with van der Waals surface area (Å²) in [5, 5.41) is 6.10. The first-order valence-corrected chi connectivity index (χ1v) is 9.20. The van der Waals surface area contributed by atoms with Crippen LogP contribution in [-0.2, 0) is 0 Å². The molecule has 6 nitrogen and oxygen atoms in total. The van der Waals surface area contributed by atoms with Gasteiger partial charge >= 0.3 is 0 Å². The molecule has 26 heavy (non-hydrogen) atoms. The van der Waals surface area contributed by atoms with Crippen molar-refractivity contribution in [1.82, 2.24) is 5.32 Å². The summed E-state index contributed by atoms with van der Waals surface area (Å²) in [7, 11) is 0. The molecule has 1 aromatic heterocycles. The SMILES string of the molecule is Cc1sc(NC(=S)NC(=O)c2cccc(OC(C)C)c2)c(C(N)=O)c1C. The minimum Gasteiger partial charge on any atom is -0.491 e. The van der Waals surface area contributed by atoms with E-state index < -0.39 is 5.91 Å². The second kappa shape index (κ2) is 8.29. The summed E-state index contributed by atoms with van der Waals surface area (Å²) in [4.78, 5) is 25.0. The van der Waals surface area contributed by atoms with Gasteiger partial charge < -0.3 is 15.8 Å². The Morgan fingerprint density at radius 2 is 1.96 bits per heavy atom. The largest absolute Gasteiger partial charge is 0.491 e. The van der Waals surface area contributed by atoms with Crippen LogP contribution in [0.3, 0.4) is 0 Å². The van der Waals surface area contributed by atoms with Gasteiger partial charge in [0.05, 0.1) is 11.7 Å². The topological polar surface area (TPSA) is 93.4 Å². The molecule has 0 radical (unpaired) electrons. The molecule has 1 heterocycles. The monoisotopic (exact) mass is 391 g/mol. The van der Waals surface area contributed by atoms with Gasteiger partial charge in [0.25, 0.3) is 11.8 Å². The fourth-order valence-corrected chi connectivity index (χ4v) is 3.63. The number of amides is 2. The average Bonchev–Trinajstić information content (AvgIpc) is 2.80. The number of aryl methyl sites for hydroxylation is 1. The molecule has 0 aliphatic heterocycles. The van der Waals surface area contributed by atoms with E-state index in [4.69, 9.17) is 22.7 Å². The second-order valence-corrected chi connectivity index (χ2v) is 7.59. The van der Waals surface area contributed by atoms with E-state index in [1.165, 1.54) is 11.3 Å². The maximum absolute atomic E-state index is 12.4. The van der Waals surface area contributed by atoms with Gasteiger partial charge in [-0.15, -0.1) is 11.3 Å². The quantitative estimate of drug-likeness (QED) is 0.680. The first-order valence-electron chi connectivity index (χ1n) is 7.98. The molecule has 2 rings (SSSR count). The average molecular weight is 392 g/mol. The summed E-state index contributed by atoms with van der Waals surface area (Å²) >= 11 is 6.55. The van der Waals surface area contributed by atoms with Crippen molar-refractivity contribution in [1.29, 1.82) is 0 Å². The Bertz CT molecular complexity index is 859. The first-order chi connectivity index (χ1) is 12.2. The summed E-state index contributed by atoms with van der Waals surface area (Å²) < 4.78 is 5.59. The number of nitrogens with two attached hydrogens (primary N) is 1. The van der Waals surface area contributed by atoms with Gasteiger partial charge in [0.15, 0.2) is 5.11 Å². The van der Waals surface area contributed by atoms with E-state index in [-0.39, 0.29) is 17.1 Å². The summed E-state index contributed by atoms with van der Waals surface area (Å²) in [6.45, 7) is 7.53. The van der Waals surface area contributed by atoms with Crippen LogP contribution in [-0.4, -0.2) is 23.0 Å². The number of anilines is 1. The number of hydrogen-bond donors (Lipinski definition) is 3. The summed E-state index contributed by atoms with van der Waals surface area (Å²) in [5.41, 5.74) is 7.04. The van der Waals surface area contributed by atoms with Gasteiger partial charge in [-0.1, -0.05) is 6.07 Å². The number of thiophene rings is 1. The molecular formula is C18H21N3O3S2. The van der Waals surface area contributed by atoms with E-state index in [0.29, 0.717) is 21.9 Å². The second-order valence-electron chi connectivity index (χ2n) is 5.95. The summed E-state index contributed by atoms with van der Waals surface area (Å²) in [5.74, 6) is -0.309. The number of ether oxygens (including phenoxy) is 1. The standard InChI is InChI=1S/C18H21N3O3S2/c1-9(2)24-13-7-5-6-12(8-13)16(23)20-18(25)21-17-14(15(19)22)10(3)11(4)26-17/h5-9H,1-4H3,(H2,19,22)(H2,20,21,23,25). The Hall–Kier alpha value is -2.45. The number of nitrogens with one attached hydrogen (secondary N) is 2. The molecule has 4 N–H and O–H groups in total. The minimum atomic E-state index is -0.540. The van der Waals surface area contributed by atoms with Crippen LogP contribution in [0.1, 0.15) is 45.0 Å². The highest BCUT2D eigenvalue weighted by Gasteiger charge is 2.19. The number of thiocarbonyl (C=S) groups is 1. The maximum Gasteiger partial charge on any atom is 0.257 e. The molecule has 0 atom stereocenters. The molecule has 0 aliphatic rings. The molecule has 1 aromatic carbocycles. The number of carbonyl (C=O) groups excluding carboxylic acids is 2. The van der Waals surface area contributed by atoms with E-state index in [0.717, 1.165) is 10.4 Å². The van der Waals surface area contributed by atoms with E-state index in [9.17, 15) is 9.59 Å². The van der Waals surface area contributed by atoms with Crippen molar-refractivity contribution in [2.75, 3.05) is 5.32 Å². The number of primary amides is 1. The highest BCUT2D eigenvalue weighted by molar-refractivity contribution is 7.80. The zero-order valence-corrected chi connectivity index (χ0v) is 16.6. The van der Waals surface area contributed by atoms with Crippen LogP contribution in [0, 0.1) is 13.8 Å². The van der Waals surface area contributed by atoms with Crippen molar-refractivity contribution < 1.29 is 14.3 Å². The van der Waals surface area contributed by atoms with Gasteiger partial charge in [0, 0.05) is 10.4 Å². The van der Waals surface area contributed by atoms with Crippen LogP contribution in [0.15, 0.2) is 24.3 Å². The molecule has 2 amide bonds. The molecule has 0 saturated heterocycles. The van der Waals surface area contributed by atoms with Gasteiger partial charge in [0.2, 0.25) is 0 Å². The van der Waals surface area contributed by atoms with Crippen molar-refractivity contribution in [3.8, 4) is 5.75 Å². The number of rotatable bonds is 5. The van der Waals surface area contributed by atoms with Crippen LogP contribution in [0.5, 0.6) is 5.75 Å². The summed E-state index contributed by atoms with van der Waals surface area (Å²) in [6, 6.07) is 6.83. The Morgan fingerprint density at radius 3 is 2.58 bits per heavy atom. The van der Waals surface area contributed by atoms with E-state index in [1.807, 2.05) is 27.7 Å². The Kier molecular flexibility index (Phi) is 6.33. The fraction of sp³-hybridized carbons (Fsp3) is 0.278. The van der Waals surface area contributed by atoms with Gasteiger partial charge in [-0.25, -0.2) is 0 Å². The normalized spacial score (nSPS) is 10.5. The van der Waals surface area contributed by atoms with Crippen LogP contribution < -0.4 is 21.1 Å². The highest BCUT2D eigenvalue weighted by atomic mass is 32.1. The van der Waals surface area contributed by atoms with Gasteiger partial charge in [0.1, 0.15) is 10.8 Å². The smallest absolute Gasteiger partial charge is 0.257 e. The molecule has 0 unspecified atom stereocenters. The number of hydrogen-bond acceptors (Lipinski definition) is 5. The molecule has 0 fully saturated rings. The van der Waals surface area contributed by atoms with Crippen LogP contribution >= 0.6 is 23.6 Å². The zero-order chi connectivity index (χ0) is 19.4. The van der Waals surface area contributed by atoms with Crippen LogP contribution in [0.2, 0.25) is 0 Å². The molecular weight excluding hydrogens is 370 g/mol. The Labute approximate surface area is 161 Å². The molecule has 2 aromatic rings. The number of benzene rings is 1. The zero-order valence-electron chi connectivity index (χ0n) is 15.0. The molecule has 0 saturated carbocycles.